The van der Waals surface area contributed by atoms with E-state index in [2.05, 4.69) is 42.3 Å². The number of nitrogens with zero attached hydrogens (tertiary/aromatic N) is 4. The molecule has 0 atom stereocenters. The molecule has 8 heteroatoms. The van der Waals surface area contributed by atoms with Crippen LogP contribution in [-0.2, 0) is 11.3 Å². The van der Waals surface area contributed by atoms with Gasteiger partial charge in [0, 0.05) is 36.3 Å². The molecule has 0 unspecified atom stereocenters. The van der Waals surface area contributed by atoms with Gasteiger partial charge in [0.15, 0.2) is 0 Å². The van der Waals surface area contributed by atoms with Crippen LogP contribution in [0.15, 0.2) is 55.0 Å². The minimum Gasteiger partial charge on any atom is -0.450 e. The Labute approximate surface area is 187 Å². The minimum absolute atomic E-state index is 0. The number of hydrogen-bond donors (Lipinski definition) is 2. The number of rotatable bonds is 6. The lowest BCUT2D eigenvalue weighted by molar-refractivity contribution is 0.167. The summed E-state index contributed by atoms with van der Waals surface area (Å²) in [5, 5.41) is 2.64. The topological polar surface area (TPSA) is 96.0 Å². The minimum atomic E-state index is -0.554. The number of hydrogen-bond acceptors (Lipinski definition) is 6. The van der Waals surface area contributed by atoms with E-state index >= 15 is 0 Å². The molecule has 2 N–H and O–H groups in total. The Hall–Kier alpha value is -3.78. The maximum atomic E-state index is 11.9. The number of carbonyl (C=O) groups is 1. The van der Waals surface area contributed by atoms with Gasteiger partial charge in [0.25, 0.3) is 0 Å². The predicted octanol–water partition coefficient (Wildman–Crippen LogP) is 4.95. The third-order valence-corrected chi connectivity index (χ3v) is 4.68. The normalized spacial score (nSPS) is 10.8. The molecule has 32 heavy (non-hydrogen) atoms. The number of pyridine rings is 2. The molecule has 4 rings (SSSR count). The monoisotopic (exact) mass is 432 g/mol. The predicted molar refractivity (Wildman–Crippen MR) is 127 cm³/mol. The number of imidazole rings is 1. The Balaban J connectivity index is 0.00000289. The van der Waals surface area contributed by atoms with Crippen LogP contribution in [0.1, 0.15) is 19.9 Å². The molecule has 0 aliphatic heterocycles. The van der Waals surface area contributed by atoms with Gasteiger partial charge < -0.3 is 14.6 Å². The van der Waals surface area contributed by atoms with Gasteiger partial charge in [0.05, 0.1) is 23.3 Å². The number of anilines is 1. The number of amides is 1. The quantitative estimate of drug-likeness (QED) is 0.447. The zero-order chi connectivity index (χ0) is 21.8. The fourth-order valence-electron chi connectivity index (χ4n) is 3.42. The fourth-order valence-corrected chi connectivity index (χ4v) is 3.42. The molecule has 1 aromatic carbocycles. The van der Waals surface area contributed by atoms with Gasteiger partial charge in [-0.1, -0.05) is 13.5 Å². The highest BCUT2D eigenvalue weighted by Gasteiger charge is 2.15. The van der Waals surface area contributed by atoms with E-state index in [4.69, 9.17) is 4.74 Å². The zero-order valence-corrected chi connectivity index (χ0v) is 17.7. The third-order valence-electron chi connectivity index (χ3n) is 4.68. The second kappa shape index (κ2) is 10.0. The van der Waals surface area contributed by atoms with Gasteiger partial charge in [-0.2, -0.15) is 0 Å². The summed E-state index contributed by atoms with van der Waals surface area (Å²) in [6, 6.07) is 12.0. The molecule has 4 aromatic rings. The Kier molecular flexibility index (Phi) is 7.17. The number of nitrogens with one attached hydrogen (secondary N) is 2. The highest BCUT2D eigenvalue weighted by Crippen LogP contribution is 2.33. The lowest BCUT2D eigenvalue weighted by Crippen LogP contribution is -2.14. The molecule has 166 valence electrons. The fraction of sp³-hybridized carbons (Fsp3) is 0.250. The first kappa shape index (κ1) is 22.9. The second-order valence-corrected chi connectivity index (χ2v) is 7.38. The second-order valence-electron chi connectivity index (χ2n) is 7.38. The van der Waals surface area contributed by atoms with E-state index in [1.54, 1.807) is 19.3 Å². The first-order valence-corrected chi connectivity index (χ1v) is 10.0. The number of benzene rings is 1. The SMILES string of the molecule is C.CCOC(=O)Nc1nc2c(-c3cc(CN(C)C)ccn3)cc(-c3cccnc3)cc2[nH]1. The molecule has 0 aliphatic carbocycles. The maximum absolute atomic E-state index is 11.9. The van der Waals surface area contributed by atoms with E-state index < -0.39 is 6.09 Å². The van der Waals surface area contributed by atoms with Crippen LogP contribution in [-0.4, -0.2) is 51.6 Å². The molecule has 0 fully saturated rings. The van der Waals surface area contributed by atoms with E-state index in [1.165, 1.54) is 0 Å². The smallest absolute Gasteiger partial charge is 0.413 e. The van der Waals surface area contributed by atoms with Gasteiger partial charge in [-0.05, 0) is 62.5 Å². The summed E-state index contributed by atoms with van der Waals surface area (Å²) in [6.07, 6.45) is 4.81. The lowest BCUT2D eigenvalue weighted by Gasteiger charge is -2.11. The average Bonchev–Trinajstić information content (AvgIpc) is 3.15. The molecule has 8 nitrogen and oxygen atoms in total. The molecule has 0 spiro atoms. The Bertz CT molecular complexity index is 1200. The Morgan fingerprint density at radius 2 is 2.00 bits per heavy atom. The molecule has 3 aromatic heterocycles. The van der Waals surface area contributed by atoms with Crippen molar-refractivity contribution in [3.63, 3.8) is 0 Å². The van der Waals surface area contributed by atoms with E-state index in [9.17, 15) is 4.79 Å². The van der Waals surface area contributed by atoms with Crippen molar-refractivity contribution in [3.05, 3.63) is 60.6 Å². The Morgan fingerprint density at radius 1 is 1.16 bits per heavy atom. The summed E-state index contributed by atoms with van der Waals surface area (Å²) in [7, 11) is 4.06. The number of ether oxygens (including phenoxy) is 1. The van der Waals surface area contributed by atoms with E-state index in [-0.39, 0.29) is 14.0 Å². The summed E-state index contributed by atoms with van der Waals surface area (Å²) < 4.78 is 4.97. The third kappa shape index (κ3) is 5.09. The highest BCUT2D eigenvalue weighted by atomic mass is 16.5. The van der Waals surface area contributed by atoms with Crippen LogP contribution in [0.3, 0.4) is 0 Å². The summed E-state index contributed by atoms with van der Waals surface area (Å²) >= 11 is 0. The van der Waals surface area contributed by atoms with Crippen molar-refractivity contribution in [1.82, 2.24) is 24.8 Å². The van der Waals surface area contributed by atoms with Crippen LogP contribution in [0.4, 0.5) is 10.7 Å². The van der Waals surface area contributed by atoms with Crippen molar-refractivity contribution >= 4 is 23.1 Å². The lowest BCUT2D eigenvalue weighted by atomic mass is 10.00. The highest BCUT2D eigenvalue weighted by molar-refractivity contribution is 5.97. The first-order valence-electron chi connectivity index (χ1n) is 10.0. The van der Waals surface area contributed by atoms with Crippen molar-refractivity contribution in [3.8, 4) is 22.4 Å². The van der Waals surface area contributed by atoms with Crippen molar-refractivity contribution in [1.29, 1.82) is 0 Å². The van der Waals surface area contributed by atoms with Crippen molar-refractivity contribution < 1.29 is 9.53 Å². The van der Waals surface area contributed by atoms with Crippen LogP contribution in [0.2, 0.25) is 0 Å². The molecule has 0 saturated heterocycles. The maximum Gasteiger partial charge on any atom is 0.413 e. The van der Waals surface area contributed by atoms with Crippen molar-refractivity contribution in [2.75, 3.05) is 26.0 Å². The van der Waals surface area contributed by atoms with Gasteiger partial charge in [-0.3, -0.25) is 15.3 Å². The zero-order valence-electron chi connectivity index (χ0n) is 17.7. The molecular formula is C24H28N6O2. The molecular weight excluding hydrogens is 404 g/mol. The summed E-state index contributed by atoms with van der Waals surface area (Å²) in [5.74, 6) is 0.322. The number of aromatic amines is 1. The molecule has 0 bridgehead atoms. The van der Waals surface area contributed by atoms with Gasteiger partial charge in [-0.15, -0.1) is 0 Å². The number of carbonyl (C=O) groups excluding carboxylic acids is 1. The number of H-pyrrole nitrogens is 1. The Morgan fingerprint density at radius 3 is 2.72 bits per heavy atom. The van der Waals surface area contributed by atoms with E-state index in [1.807, 2.05) is 44.6 Å². The van der Waals surface area contributed by atoms with Crippen LogP contribution < -0.4 is 5.32 Å². The standard InChI is InChI=1S/C23H24N6O2.CH4/c1-4-31-23(30)28-22-26-20-12-17(16-6-5-8-24-13-16)11-18(21(20)27-22)19-10-15(7-9-25-19)14-29(2)3;/h5-13H,4,14H2,1-3H3,(H2,26,27,28,30);1H4. The van der Waals surface area contributed by atoms with Crippen LogP contribution in [0, 0.1) is 0 Å². The molecule has 0 aliphatic rings. The first-order chi connectivity index (χ1) is 15.0. The van der Waals surface area contributed by atoms with Gasteiger partial charge >= 0.3 is 6.09 Å². The van der Waals surface area contributed by atoms with E-state index in [0.717, 1.165) is 40.0 Å². The van der Waals surface area contributed by atoms with Gasteiger partial charge in [0.1, 0.15) is 0 Å². The van der Waals surface area contributed by atoms with Crippen LogP contribution >= 0.6 is 0 Å². The van der Waals surface area contributed by atoms with Crippen LogP contribution in [0.25, 0.3) is 33.4 Å². The number of aromatic nitrogens is 4. The van der Waals surface area contributed by atoms with Crippen LogP contribution in [0.5, 0.6) is 0 Å². The largest absolute Gasteiger partial charge is 0.450 e. The molecule has 3 heterocycles. The van der Waals surface area contributed by atoms with Gasteiger partial charge in [0.2, 0.25) is 5.95 Å². The molecule has 1 amide bonds. The van der Waals surface area contributed by atoms with Crippen molar-refractivity contribution in [2.45, 2.75) is 20.9 Å². The van der Waals surface area contributed by atoms with Crippen molar-refractivity contribution in [2.24, 2.45) is 0 Å². The summed E-state index contributed by atoms with van der Waals surface area (Å²) in [5.41, 5.74) is 6.27. The summed E-state index contributed by atoms with van der Waals surface area (Å²) in [6.45, 7) is 2.84. The van der Waals surface area contributed by atoms with E-state index in [0.29, 0.717) is 11.5 Å². The molecule has 0 saturated carbocycles. The summed E-state index contributed by atoms with van der Waals surface area (Å²) in [4.78, 5) is 30.6. The number of fused-ring (bicyclic) bond motifs is 1. The average molecular weight is 433 g/mol. The molecule has 0 radical (unpaired) electrons. The van der Waals surface area contributed by atoms with Gasteiger partial charge in [-0.25, -0.2) is 9.78 Å².